The van der Waals surface area contributed by atoms with Gasteiger partial charge in [-0.2, -0.15) is 0 Å². The Morgan fingerprint density at radius 2 is 1.75 bits per heavy atom. The highest BCUT2D eigenvalue weighted by Gasteiger charge is 2.17. The van der Waals surface area contributed by atoms with Crippen LogP contribution in [-0.4, -0.2) is 23.5 Å². The minimum Gasteiger partial charge on any atom is -0.463 e. The van der Waals surface area contributed by atoms with Crippen LogP contribution >= 0.6 is 0 Å². The second-order valence-corrected chi connectivity index (χ2v) is 6.04. The number of aromatic nitrogens is 1. The molecule has 2 aromatic heterocycles. The van der Waals surface area contributed by atoms with Crippen LogP contribution < -0.4 is 5.32 Å². The molecule has 6 heteroatoms. The number of nitrogens with one attached hydrogen (secondary N) is 1. The second-order valence-electron chi connectivity index (χ2n) is 6.04. The van der Waals surface area contributed by atoms with Gasteiger partial charge in [-0.25, -0.2) is 9.78 Å². The number of benzene rings is 2. The number of esters is 1. The van der Waals surface area contributed by atoms with Gasteiger partial charge in [-0.15, -0.1) is 0 Å². The van der Waals surface area contributed by atoms with Crippen molar-refractivity contribution in [2.24, 2.45) is 0 Å². The van der Waals surface area contributed by atoms with Crippen LogP contribution in [0.1, 0.15) is 10.4 Å². The number of hydrogen-bond acceptors (Lipinski definition) is 5. The first kappa shape index (κ1) is 17.5. The SMILES string of the molecule is O=C(COC(=O)c1cc(-c2ccco2)nc2ccccc12)Nc1ccccc1. The van der Waals surface area contributed by atoms with Crippen LogP contribution in [0.5, 0.6) is 0 Å². The topological polar surface area (TPSA) is 81.4 Å². The van der Waals surface area contributed by atoms with E-state index < -0.39 is 11.9 Å². The van der Waals surface area contributed by atoms with E-state index in [0.717, 1.165) is 0 Å². The van der Waals surface area contributed by atoms with E-state index in [1.807, 2.05) is 18.2 Å². The van der Waals surface area contributed by atoms with Gasteiger partial charge in [0.2, 0.25) is 0 Å². The van der Waals surface area contributed by atoms with Crippen molar-refractivity contribution in [1.29, 1.82) is 0 Å². The van der Waals surface area contributed by atoms with Gasteiger partial charge in [0.15, 0.2) is 12.4 Å². The molecule has 0 saturated carbocycles. The molecule has 28 heavy (non-hydrogen) atoms. The number of para-hydroxylation sites is 2. The van der Waals surface area contributed by atoms with E-state index >= 15 is 0 Å². The second kappa shape index (κ2) is 7.75. The van der Waals surface area contributed by atoms with Crippen LogP contribution in [-0.2, 0) is 9.53 Å². The third-order valence-electron chi connectivity index (χ3n) is 4.10. The zero-order valence-electron chi connectivity index (χ0n) is 14.8. The minimum atomic E-state index is -0.602. The van der Waals surface area contributed by atoms with Crippen LogP contribution in [0.3, 0.4) is 0 Å². The standard InChI is InChI=1S/C22H16N2O4/c25-21(23-15-7-2-1-3-8-15)14-28-22(26)17-13-19(20-11-6-12-27-20)24-18-10-5-4-9-16(17)18/h1-13H,14H2,(H,23,25). The van der Waals surface area contributed by atoms with E-state index in [0.29, 0.717) is 33.6 Å². The Bertz CT molecular complexity index is 1120. The molecule has 0 aliphatic heterocycles. The van der Waals surface area contributed by atoms with Crippen molar-refractivity contribution in [3.8, 4) is 11.5 Å². The van der Waals surface area contributed by atoms with Gasteiger partial charge in [0.25, 0.3) is 5.91 Å². The van der Waals surface area contributed by atoms with Crippen molar-refractivity contribution in [3.63, 3.8) is 0 Å². The highest BCUT2D eigenvalue weighted by molar-refractivity contribution is 6.05. The minimum absolute atomic E-state index is 0.324. The fourth-order valence-electron chi connectivity index (χ4n) is 2.82. The maximum Gasteiger partial charge on any atom is 0.339 e. The van der Waals surface area contributed by atoms with Gasteiger partial charge in [-0.1, -0.05) is 36.4 Å². The summed E-state index contributed by atoms with van der Waals surface area (Å²) in [5.74, 6) is -0.472. The largest absolute Gasteiger partial charge is 0.463 e. The summed E-state index contributed by atoms with van der Waals surface area (Å²) in [6.07, 6.45) is 1.54. The number of carbonyl (C=O) groups is 2. The summed E-state index contributed by atoms with van der Waals surface area (Å²) in [6, 6.07) is 21.3. The van der Waals surface area contributed by atoms with Gasteiger partial charge in [0, 0.05) is 11.1 Å². The first-order valence-electron chi connectivity index (χ1n) is 8.66. The van der Waals surface area contributed by atoms with E-state index in [-0.39, 0.29) is 6.61 Å². The van der Waals surface area contributed by atoms with E-state index in [1.54, 1.807) is 54.6 Å². The summed E-state index contributed by atoms with van der Waals surface area (Å²) in [7, 11) is 0. The van der Waals surface area contributed by atoms with E-state index in [2.05, 4.69) is 10.3 Å². The monoisotopic (exact) mass is 372 g/mol. The predicted octanol–water partition coefficient (Wildman–Crippen LogP) is 4.29. The molecule has 2 heterocycles. The number of rotatable bonds is 5. The Kier molecular flexibility index (Phi) is 4.84. The fourth-order valence-corrected chi connectivity index (χ4v) is 2.82. The molecule has 0 bridgehead atoms. The lowest BCUT2D eigenvalue weighted by atomic mass is 10.1. The highest BCUT2D eigenvalue weighted by atomic mass is 16.5. The number of pyridine rings is 1. The molecule has 0 aliphatic carbocycles. The van der Waals surface area contributed by atoms with Gasteiger partial charge in [0.05, 0.1) is 17.3 Å². The van der Waals surface area contributed by atoms with Gasteiger partial charge in [-0.05, 0) is 36.4 Å². The van der Waals surface area contributed by atoms with Crippen LogP contribution in [0, 0.1) is 0 Å². The zero-order chi connectivity index (χ0) is 19.3. The molecule has 1 amide bonds. The Hall–Kier alpha value is -3.93. The summed E-state index contributed by atoms with van der Waals surface area (Å²) in [6.45, 7) is -0.388. The predicted molar refractivity (Wildman–Crippen MR) is 105 cm³/mol. The maximum atomic E-state index is 12.7. The molecule has 0 fully saturated rings. The lowest BCUT2D eigenvalue weighted by Gasteiger charge is -2.09. The molecule has 138 valence electrons. The lowest BCUT2D eigenvalue weighted by molar-refractivity contribution is -0.119. The molecule has 1 N–H and O–H groups in total. The van der Waals surface area contributed by atoms with Crippen molar-refractivity contribution in [3.05, 3.63) is 84.6 Å². The van der Waals surface area contributed by atoms with Gasteiger partial charge in [-0.3, -0.25) is 4.79 Å². The maximum absolute atomic E-state index is 12.7. The Morgan fingerprint density at radius 1 is 0.964 bits per heavy atom. The average Bonchev–Trinajstić information content (AvgIpc) is 3.27. The molecule has 6 nitrogen and oxygen atoms in total. The summed E-state index contributed by atoms with van der Waals surface area (Å²) in [5.41, 5.74) is 2.11. The summed E-state index contributed by atoms with van der Waals surface area (Å²) in [5, 5.41) is 3.32. The number of ether oxygens (including phenoxy) is 1. The Balaban J connectivity index is 1.55. The van der Waals surface area contributed by atoms with Crippen LogP contribution in [0.4, 0.5) is 5.69 Å². The molecule has 0 saturated heterocycles. The van der Waals surface area contributed by atoms with Gasteiger partial charge < -0.3 is 14.5 Å². The van der Waals surface area contributed by atoms with Crippen molar-refractivity contribution >= 4 is 28.5 Å². The van der Waals surface area contributed by atoms with Crippen molar-refractivity contribution in [2.45, 2.75) is 0 Å². The lowest BCUT2D eigenvalue weighted by Crippen LogP contribution is -2.21. The molecule has 0 atom stereocenters. The number of carbonyl (C=O) groups excluding carboxylic acids is 2. The van der Waals surface area contributed by atoms with Crippen LogP contribution in [0.25, 0.3) is 22.4 Å². The molecule has 2 aromatic carbocycles. The fraction of sp³-hybridized carbons (Fsp3) is 0.0455. The molecule has 4 aromatic rings. The Labute approximate surface area is 160 Å². The molecular formula is C22H16N2O4. The van der Waals surface area contributed by atoms with Crippen LogP contribution in [0.2, 0.25) is 0 Å². The summed E-state index contributed by atoms with van der Waals surface area (Å²) < 4.78 is 10.6. The normalized spacial score (nSPS) is 10.6. The number of amides is 1. The van der Waals surface area contributed by atoms with E-state index in [1.165, 1.54) is 6.26 Å². The third kappa shape index (κ3) is 3.76. The van der Waals surface area contributed by atoms with Crippen LogP contribution in [0.15, 0.2) is 83.5 Å². The smallest absolute Gasteiger partial charge is 0.339 e. The molecular weight excluding hydrogens is 356 g/mol. The van der Waals surface area contributed by atoms with E-state index in [9.17, 15) is 9.59 Å². The Morgan fingerprint density at radius 3 is 2.54 bits per heavy atom. The third-order valence-corrected chi connectivity index (χ3v) is 4.10. The average molecular weight is 372 g/mol. The number of hydrogen-bond donors (Lipinski definition) is 1. The summed E-state index contributed by atoms with van der Waals surface area (Å²) >= 11 is 0. The number of nitrogens with zero attached hydrogens (tertiary/aromatic N) is 1. The highest BCUT2D eigenvalue weighted by Crippen LogP contribution is 2.25. The van der Waals surface area contributed by atoms with Gasteiger partial charge in [0.1, 0.15) is 5.69 Å². The number of furan rings is 1. The molecule has 0 aliphatic rings. The van der Waals surface area contributed by atoms with E-state index in [4.69, 9.17) is 9.15 Å². The molecule has 0 unspecified atom stereocenters. The number of anilines is 1. The van der Waals surface area contributed by atoms with Crippen molar-refractivity contribution in [1.82, 2.24) is 4.98 Å². The quantitative estimate of drug-likeness (QED) is 0.529. The molecule has 0 radical (unpaired) electrons. The first-order valence-corrected chi connectivity index (χ1v) is 8.66. The summed E-state index contributed by atoms with van der Waals surface area (Å²) in [4.78, 5) is 29.3. The van der Waals surface area contributed by atoms with Gasteiger partial charge >= 0.3 is 5.97 Å². The van der Waals surface area contributed by atoms with Crippen molar-refractivity contribution in [2.75, 3.05) is 11.9 Å². The molecule has 0 spiro atoms. The first-order chi connectivity index (χ1) is 13.7. The van der Waals surface area contributed by atoms with Crippen molar-refractivity contribution < 1.29 is 18.7 Å². The molecule has 4 rings (SSSR count). The number of fused-ring (bicyclic) bond motifs is 1. The zero-order valence-corrected chi connectivity index (χ0v) is 14.8.